The number of nitrogens with one attached hydrogen (secondary N) is 1. The maximum Gasteiger partial charge on any atom is 0.409 e. The molecule has 0 spiro atoms. The average Bonchev–Trinajstić information content (AvgIpc) is 2.35. The highest BCUT2D eigenvalue weighted by molar-refractivity contribution is 5.79. The summed E-state index contributed by atoms with van der Waals surface area (Å²) in [6, 6.07) is 0. The van der Waals surface area contributed by atoms with Crippen molar-refractivity contribution in [2.45, 2.75) is 12.8 Å². The SMILES string of the molecule is C=CCNC(=O)C1CCN(C(=O)OC)CC1. The molecule has 0 unspecified atom stereocenters. The number of hydrogen-bond donors (Lipinski definition) is 1. The highest BCUT2D eigenvalue weighted by Crippen LogP contribution is 2.17. The van der Waals surface area contributed by atoms with Crippen molar-refractivity contribution >= 4 is 12.0 Å². The third-order valence-corrected chi connectivity index (χ3v) is 2.72. The number of rotatable bonds is 3. The fourth-order valence-electron chi connectivity index (χ4n) is 1.77. The van der Waals surface area contributed by atoms with Crippen LogP contribution in [0.15, 0.2) is 12.7 Å². The molecule has 0 atom stereocenters. The molecule has 0 aromatic rings. The van der Waals surface area contributed by atoms with E-state index in [2.05, 4.69) is 16.6 Å². The summed E-state index contributed by atoms with van der Waals surface area (Å²) in [5, 5.41) is 2.77. The topological polar surface area (TPSA) is 58.6 Å². The van der Waals surface area contributed by atoms with Crippen LogP contribution in [0.5, 0.6) is 0 Å². The average molecular weight is 226 g/mol. The van der Waals surface area contributed by atoms with E-state index in [-0.39, 0.29) is 17.9 Å². The van der Waals surface area contributed by atoms with Crippen molar-refractivity contribution in [2.75, 3.05) is 26.7 Å². The van der Waals surface area contributed by atoms with E-state index in [1.54, 1.807) is 11.0 Å². The Morgan fingerprint density at radius 2 is 2.12 bits per heavy atom. The van der Waals surface area contributed by atoms with Crippen molar-refractivity contribution in [1.29, 1.82) is 0 Å². The molecule has 0 bridgehead atoms. The van der Waals surface area contributed by atoms with E-state index >= 15 is 0 Å². The maximum absolute atomic E-state index is 11.6. The third kappa shape index (κ3) is 3.25. The molecule has 1 aliphatic rings. The van der Waals surface area contributed by atoms with Crippen molar-refractivity contribution in [3.05, 3.63) is 12.7 Å². The van der Waals surface area contributed by atoms with Crippen LogP contribution in [0.3, 0.4) is 0 Å². The molecule has 0 aliphatic carbocycles. The van der Waals surface area contributed by atoms with E-state index in [1.165, 1.54) is 7.11 Å². The van der Waals surface area contributed by atoms with Gasteiger partial charge >= 0.3 is 6.09 Å². The smallest absolute Gasteiger partial charge is 0.409 e. The minimum atomic E-state index is -0.315. The number of amides is 2. The van der Waals surface area contributed by atoms with Gasteiger partial charge in [0.05, 0.1) is 7.11 Å². The molecule has 16 heavy (non-hydrogen) atoms. The van der Waals surface area contributed by atoms with Crippen molar-refractivity contribution in [1.82, 2.24) is 10.2 Å². The van der Waals surface area contributed by atoms with Crippen LogP contribution >= 0.6 is 0 Å². The Labute approximate surface area is 95.4 Å². The summed E-state index contributed by atoms with van der Waals surface area (Å²) in [7, 11) is 1.37. The van der Waals surface area contributed by atoms with Crippen LogP contribution in [0.1, 0.15) is 12.8 Å². The Morgan fingerprint density at radius 3 is 2.62 bits per heavy atom. The third-order valence-electron chi connectivity index (χ3n) is 2.72. The zero-order valence-corrected chi connectivity index (χ0v) is 9.57. The summed E-state index contributed by atoms with van der Waals surface area (Å²) in [5.41, 5.74) is 0. The minimum Gasteiger partial charge on any atom is -0.453 e. The molecule has 1 N–H and O–H groups in total. The monoisotopic (exact) mass is 226 g/mol. The lowest BCUT2D eigenvalue weighted by Crippen LogP contribution is -2.43. The number of nitrogens with zero attached hydrogens (tertiary/aromatic N) is 1. The molecule has 1 saturated heterocycles. The van der Waals surface area contributed by atoms with Gasteiger partial charge in [0.2, 0.25) is 5.91 Å². The number of carbonyl (C=O) groups is 2. The molecule has 1 aliphatic heterocycles. The van der Waals surface area contributed by atoms with E-state index in [4.69, 9.17) is 0 Å². The van der Waals surface area contributed by atoms with Gasteiger partial charge in [0.15, 0.2) is 0 Å². The van der Waals surface area contributed by atoms with Crippen molar-refractivity contribution < 1.29 is 14.3 Å². The minimum absolute atomic E-state index is 0.000793. The van der Waals surface area contributed by atoms with Crippen LogP contribution in [0.4, 0.5) is 4.79 Å². The number of carbonyl (C=O) groups excluding carboxylic acids is 2. The number of ether oxygens (including phenoxy) is 1. The molecule has 5 heteroatoms. The zero-order chi connectivity index (χ0) is 12.0. The van der Waals surface area contributed by atoms with Crippen LogP contribution in [0.2, 0.25) is 0 Å². The van der Waals surface area contributed by atoms with E-state index < -0.39 is 0 Å². The van der Waals surface area contributed by atoms with Crippen LogP contribution in [-0.2, 0) is 9.53 Å². The van der Waals surface area contributed by atoms with E-state index in [1.807, 2.05) is 0 Å². The van der Waals surface area contributed by atoms with Gasteiger partial charge < -0.3 is 15.0 Å². The van der Waals surface area contributed by atoms with Gasteiger partial charge in [0.1, 0.15) is 0 Å². The maximum atomic E-state index is 11.6. The van der Waals surface area contributed by atoms with Gasteiger partial charge in [0.25, 0.3) is 0 Å². The first kappa shape index (κ1) is 12.5. The van der Waals surface area contributed by atoms with E-state index in [0.717, 1.165) is 0 Å². The number of likely N-dealkylation sites (tertiary alicyclic amines) is 1. The second-order valence-corrected chi connectivity index (χ2v) is 3.77. The van der Waals surface area contributed by atoms with Crippen molar-refractivity contribution in [3.63, 3.8) is 0 Å². The normalized spacial score (nSPS) is 16.7. The molecular formula is C11H18N2O3. The number of hydrogen-bond acceptors (Lipinski definition) is 3. The van der Waals surface area contributed by atoms with Crippen molar-refractivity contribution in [3.8, 4) is 0 Å². The predicted molar refractivity (Wildman–Crippen MR) is 59.9 cm³/mol. The fourth-order valence-corrected chi connectivity index (χ4v) is 1.77. The lowest BCUT2D eigenvalue weighted by atomic mass is 9.96. The Balaban J connectivity index is 2.33. The number of piperidine rings is 1. The van der Waals surface area contributed by atoms with E-state index in [9.17, 15) is 9.59 Å². The first-order chi connectivity index (χ1) is 7.69. The predicted octanol–water partition coefficient (Wildman–Crippen LogP) is 0.767. The van der Waals surface area contributed by atoms with Crippen LogP contribution in [0.25, 0.3) is 0 Å². The molecule has 0 radical (unpaired) electrons. The van der Waals surface area contributed by atoms with Gasteiger partial charge in [-0.3, -0.25) is 4.79 Å². The fraction of sp³-hybridized carbons (Fsp3) is 0.636. The summed E-state index contributed by atoms with van der Waals surface area (Å²) < 4.78 is 4.62. The summed E-state index contributed by atoms with van der Waals surface area (Å²) in [5.74, 6) is 0.0465. The molecule has 0 aromatic heterocycles. The molecule has 1 fully saturated rings. The second kappa shape index (κ2) is 6.15. The summed E-state index contributed by atoms with van der Waals surface area (Å²) >= 11 is 0. The van der Waals surface area contributed by atoms with Gasteiger partial charge in [-0.1, -0.05) is 6.08 Å². The largest absolute Gasteiger partial charge is 0.453 e. The second-order valence-electron chi connectivity index (χ2n) is 3.77. The lowest BCUT2D eigenvalue weighted by Gasteiger charge is -2.30. The first-order valence-corrected chi connectivity index (χ1v) is 5.40. The summed E-state index contributed by atoms with van der Waals surface area (Å²) in [4.78, 5) is 24.4. The Morgan fingerprint density at radius 1 is 1.50 bits per heavy atom. The zero-order valence-electron chi connectivity index (χ0n) is 9.57. The molecule has 1 heterocycles. The Bertz CT molecular complexity index is 270. The molecule has 1 rings (SSSR count). The lowest BCUT2D eigenvalue weighted by molar-refractivity contribution is -0.126. The van der Waals surface area contributed by atoms with Crippen LogP contribution in [-0.4, -0.2) is 43.6 Å². The first-order valence-electron chi connectivity index (χ1n) is 5.40. The molecule has 5 nitrogen and oxygen atoms in total. The molecule has 0 aromatic carbocycles. The summed E-state index contributed by atoms with van der Waals surface area (Å²) in [6.45, 7) is 5.20. The molecule has 2 amide bonds. The molecule has 90 valence electrons. The quantitative estimate of drug-likeness (QED) is 0.723. The van der Waals surface area contributed by atoms with Gasteiger partial charge in [-0.05, 0) is 12.8 Å². The summed E-state index contributed by atoms with van der Waals surface area (Å²) in [6.07, 6.45) is 2.72. The van der Waals surface area contributed by atoms with Gasteiger partial charge in [-0.2, -0.15) is 0 Å². The van der Waals surface area contributed by atoms with Gasteiger partial charge in [0, 0.05) is 25.6 Å². The van der Waals surface area contributed by atoms with Crippen LogP contribution in [0, 0.1) is 5.92 Å². The Hall–Kier alpha value is -1.52. The molecular weight excluding hydrogens is 208 g/mol. The number of methoxy groups -OCH3 is 1. The van der Waals surface area contributed by atoms with Gasteiger partial charge in [-0.25, -0.2) is 4.79 Å². The Kier molecular flexibility index (Phi) is 4.82. The highest BCUT2D eigenvalue weighted by Gasteiger charge is 2.27. The van der Waals surface area contributed by atoms with Crippen LogP contribution < -0.4 is 5.32 Å². The van der Waals surface area contributed by atoms with Gasteiger partial charge in [-0.15, -0.1) is 6.58 Å². The standard InChI is InChI=1S/C11H18N2O3/c1-3-6-12-10(14)9-4-7-13(8-5-9)11(15)16-2/h3,9H,1,4-8H2,2H3,(H,12,14). The van der Waals surface area contributed by atoms with E-state index in [0.29, 0.717) is 32.5 Å². The van der Waals surface area contributed by atoms with Crippen molar-refractivity contribution in [2.24, 2.45) is 5.92 Å². The highest BCUT2D eigenvalue weighted by atomic mass is 16.5. The molecule has 0 saturated carbocycles.